The zero-order valence-electron chi connectivity index (χ0n) is 10.2. The minimum Gasteiger partial charge on any atom is -0.294 e. The SMILES string of the molecule is O=C(CC1CC2CCC1C2)c1c(F)cccc1Cl. The van der Waals surface area contributed by atoms with Crippen LogP contribution in [0.4, 0.5) is 4.39 Å². The van der Waals surface area contributed by atoms with Crippen molar-refractivity contribution in [2.24, 2.45) is 17.8 Å². The number of carbonyl (C=O) groups excluding carboxylic acids is 1. The van der Waals surface area contributed by atoms with Gasteiger partial charge in [-0.3, -0.25) is 4.79 Å². The third-order valence-electron chi connectivity index (χ3n) is 4.57. The minimum atomic E-state index is -0.490. The molecule has 0 saturated heterocycles. The third-order valence-corrected chi connectivity index (χ3v) is 4.89. The second-order valence-corrected chi connectivity index (χ2v) is 6.07. The lowest BCUT2D eigenvalue weighted by molar-refractivity contribution is 0.0940. The molecule has 2 bridgehead atoms. The Bertz CT molecular complexity index is 465. The van der Waals surface area contributed by atoms with Gasteiger partial charge in [0.25, 0.3) is 0 Å². The van der Waals surface area contributed by atoms with Gasteiger partial charge < -0.3 is 0 Å². The first-order valence-corrected chi connectivity index (χ1v) is 7.00. The molecule has 1 aromatic carbocycles. The van der Waals surface area contributed by atoms with Gasteiger partial charge in [-0.2, -0.15) is 0 Å². The standard InChI is InChI=1S/C15H16ClFO/c16-12-2-1-3-13(17)15(12)14(18)8-11-7-9-4-5-10(11)6-9/h1-3,9-11H,4-8H2. The zero-order chi connectivity index (χ0) is 12.7. The fraction of sp³-hybridized carbons (Fsp3) is 0.533. The van der Waals surface area contributed by atoms with Crippen molar-refractivity contribution < 1.29 is 9.18 Å². The van der Waals surface area contributed by atoms with Gasteiger partial charge in [0.05, 0.1) is 10.6 Å². The van der Waals surface area contributed by atoms with Crippen LogP contribution in [-0.2, 0) is 0 Å². The molecule has 2 aliphatic carbocycles. The van der Waals surface area contributed by atoms with E-state index < -0.39 is 5.82 Å². The van der Waals surface area contributed by atoms with Gasteiger partial charge in [-0.25, -0.2) is 4.39 Å². The molecule has 2 aliphatic rings. The van der Waals surface area contributed by atoms with Gasteiger partial charge >= 0.3 is 0 Å². The summed E-state index contributed by atoms with van der Waals surface area (Å²) in [5.74, 6) is 1.33. The Labute approximate surface area is 111 Å². The quantitative estimate of drug-likeness (QED) is 0.737. The van der Waals surface area contributed by atoms with Gasteiger partial charge in [-0.15, -0.1) is 0 Å². The predicted octanol–water partition coefficient (Wildman–Crippen LogP) is 4.49. The number of ketones is 1. The lowest BCUT2D eigenvalue weighted by Crippen LogP contribution is -2.16. The summed E-state index contributed by atoms with van der Waals surface area (Å²) in [6, 6.07) is 4.42. The van der Waals surface area contributed by atoms with Crippen LogP contribution in [0, 0.1) is 23.6 Å². The lowest BCUT2D eigenvalue weighted by Gasteiger charge is -2.21. The van der Waals surface area contributed by atoms with Crippen molar-refractivity contribution in [2.45, 2.75) is 32.1 Å². The van der Waals surface area contributed by atoms with Gasteiger partial charge in [0.15, 0.2) is 5.78 Å². The van der Waals surface area contributed by atoms with Crippen LogP contribution in [0.3, 0.4) is 0 Å². The molecule has 2 fully saturated rings. The summed E-state index contributed by atoms with van der Waals surface area (Å²) < 4.78 is 13.7. The number of benzene rings is 1. The van der Waals surface area contributed by atoms with Crippen molar-refractivity contribution in [2.75, 3.05) is 0 Å². The summed E-state index contributed by atoms with van der Waals surface area (Å²) >= 11 is 5.93. The highest BCUT2D eigenvalue weighted by atomic mass is 35.5. The molecular weight excluding hydrogens is 251 g/mol. The van der Waals surface area contributed by atoms with Crippen LogP contribution < -0.4 is 0 Å². The molecule has 0 aliphatic heterocycles. The summed E-state index contributed by atoms with van der Waals surface area (Å²) in [4.78, 5) is 12.2. The summed E-state index contributed by atoms with van der Waals surface area (Å²) in [5.41, 5.74) is 0.0851. The molecule has 2 saturated carbocycles. The Kier molecular flexibility index (Phi) is 3.14. The number of carbonyl (C=O) groups is 1. The first-order valence-electron chi connectivity index (χ1n) is 6.62. The normalized spacial score (nSPS) is 29.8. The second kappa shape index (κ2) is 4.65. The van der Waals surface area contributed by atoms with E-state index in [0.29, 0.717) is 18.3 Å². The second-order valence-electron chi connectivity index (χ2n) is 5.66. The van der Waals surface area contributed by atoms with E-state index in [1.807, 2.05) is 0 Å². The summed E-state index contributed by atoms with van der Waals surface area (Å²) in [5, 5.41) is 0.239. The van der Waals surface area contributed by atoms with Gasteiger partial charge in [0.2, 0.25) is 0 Å². The zero-order valence-corrected chi connectivity index (χ0v) is 10.9. The average molecular weight is 267 g/mol. The maximum atomic E-state index is 13.7. The van der Waals surface area contributed by atoms with Gasteiger partial charge in [-0.05, 0) is 49.1 Å². The Morgan fingerprint density at radius 3 is 2.78 bits per heavy atom. The summed E-state index contributed by atoms with van der Waals surface area (Å²) in [7, 11) is 0. The van der Waals surface area contributed by atoms with Crippen LogP contribution in [0.15, 0.2) is 18.2 Å². The number of hydrogen-bond acceptors (Lipinski definition) is 1. The van der Waals surface area contributed by atoms with Crippen LogP contribution in [0.1, 0.15) is 42.5 Å². The first-order chi connectivity index (χ1) is 8.65. The molecule has 3 atom stereocenters. The smallest absolute Gasteiger partial charge is 0.167 e. The van der Waals surface area contributed by atoms with E-state index in [9.17, 15) is 9.18 Å². The highest BCUT2D eigenvalue weighted by Gasteiger charge is 2.40. The van der Waals surface area contributed by atoms with E-state index in [0.717, 1.165) is 12.3 Å². The highest BCUT2D eigenvalue weighted by Crippen LogP contribution is 2.49. The molecule has 0 spiro atoms. The lowest BCUT2D eigenvalue weighted by atomic mass is 9.84. The van der Waals surface area contributed by atoms with E-state index >= 15 is 0 Å². The Hall–Kier alpha value is -0.890. The minimum absolute atomic E-state index is 0.0851. The van der Waals surface area contributed by atoms with Gasteiger partial charge in [0, 0.05) is 6.42 Å². The third kappa shape index (κ3) is 2.07. The van der Waals surface area contributed by atoms with Crippen molar-refractivity contribution in [3.8, 4) is 0 Å². The molecule has 0 heterocycles. The van der Waals surface area contributed by atoms with E-state index in [1.54, 1.807) is 6.07 Å². The topological polar surface area (TPSA) is 17.1 Å². The molecule has 0 N–H and O–H groups in total. The maximum Gasteiger partial charge on any atom is 0.167 e. The first kappa shape index (κ1) is 12.2. The molecule has 0 amide bonds. The van der Waals surface area contributed by atoms with Gasteiger partial charge in [-0.1, -0.05) is 24.1 Å². The largest absolute Gasteiger partial charge is 0.294 e. The fourth-order valence-corrected chi connectivity index (χ4v) is 4.00. The van der Waals surface area contributed by atoms with E-state index in [-0.39, 0.29) is 16.4 Å². The molecule has 96 valence electrons. The molecule has 0 radical (unpaired) electrons. The summed E-state index contributed by atoms with van der Waals surface area (Å²) in [6.45, 7) is 0. The van der Waals surface area contributed by atoms with Crippen LogP contribution in [0.5, 0.6) is 0 Å². The predicted molar refractivity (Wildman–Crippen MR) is 69.3 cm³/mol. The summed E-state index contributed by atoms with van der Waals surface area (Å²) in [6.07, 6.45) is 5.43. The van der Waals surface area contributed by atoms with Crippen LogP contribution in [0.25, 0.3) is 0 Å². The van der Waals surface area contributed by atoms with Crippen LogP contribution >= 0.6 is 11.6 Å². The Morgan fingerprint density at radius 1 is 1.33 bits per heavy atom. The average Bonchev–Trinajstić information content (AvgIpc) is 2.90. The molecule has 1 nitrogen and oxygen atoms in total. The molecule has 18 heavy (non-hydrogen) atoms. The molecular formula is C15H16ClFO. The van der Waals surface area contributed by atoms with Crippen molar-refractivity contribution in [1.82, 2.24) is 0 Å². The monoisotopic (exact) mass is 266 g/mol. The molecule has 3 heteroatoms. The number of rotatable bonds is 3. The van der Waals surface area contributed by atoms with E-state index in [1.165, 1.54) is 31.4 Å². The number of fused-ring (bicyclic) bond motifs is 2. The number of Topliss-reactive ketones (excluding diaryl/α,β-unsaturated/α-hetero) is 1. The Morgan fingerprint density at radius 2 is 2.17 bits per heavy atom. The van der Waals surface area contributed by atoms with Crippen molar-refractivity contribution >= 4 is 17.4 Å². The highest BCUT2D eigenvalue weighted by molar-refractivity contribution is 6.34. The molecule has 3 rings (SSSR count). The molecule has 3 unspecified atom stereocenters. The number of halogens is 2. The van der Waals surface area contributed by atoms with Crippen LogP contribution in [-0.4, -0.2) is 5.78 Å². The van der Waals surface area contributed by atoms with E-state index in [2.05, 4.69) is 0 Å². The van der Waals surface area contributed by atoms with Gasteiger partial charge in [0.1, 0.15) is 5.82 Å². The van der Waals surface area contributed by atoms with Crippen molar-refractivity contribution in [3.05, 3.63) is 34.6 Å². The maximum absolute atomic E-state index is 13.7. The molecule has 1 aromatic rings. The molecule has 0 aromatic heterocycles. The Balaban J connectivity index is 1.75. The van der Waals surface area contributed by atoms with Crippen molar-refractivity contribution in [1.29, 1.82) is 0 Å². The van der Waals surface area contributed by atoms with Crippen molar-refractivity contribution in [3.63, 3.8) is 0 Å². The fourth-order valence-electron chi connectivity index (χ4n) is 3.73. The number of hydrogen-bond donors (Lipinski definition) is 0. The van der Waals surface area contributed by atoms with Crippen LogP contribution in [0.2, 0.25) is 5.02 Å². The van der Waals surface area contributed by atoms with E-state index in [4.69, 9.17) is 11.6 Å².